The van der Waals surface area contributed by atoms with E-state index in [1.165, 1.54) is 0 Å². The minimum atomic E-state index is -0.779. The van der Waals surface area contributed by atoms with Crippen LogP contribution in [-0.2, 0) is 16.1 Å². The van der Waals surface area contributed by atoms with Crippen LogP contribution < -0.4 is 10.6 Å². The van der Waals surface area contributed by atoms with Gasteiger partial charge >= 0.3 is 6.09 Å². The number of imide groups is 1. The second kappa shape index (κ2) is 6.94. The summed E-state index contributed by atoms with van der Waals surface area (Å²) in [5, 5.41) is 4.91. The molecule has 2 N–H and O–H groups in total. The van der Waals surface area contributed by atoms with Gasteiger partial charge in [0.1, 0.15) is 12.3 Å². The van der Waals surface area contributed by atoms with Gasteiger partial charge in [-0.3, -0.25) is 10.1 Å². The zero-order valence-electron chi connectivity index (χ0n) is 10.7. The average Bonchev–Trinajstić information content (AvgIpc) is 2.75. The largest absolute Gasteiger partial charge is 0.444 e. The molecule has 102 valence electrons. The standard InChI is InChI=1S/C15H14N2O3/c18-14(13-9-5-2-6-10-16-13)17-15(19)20-11-12-7-3-1-4-8-12/h1-10,16H,11H2,(H,17,18,19). The number of alkyl carbamates (subject to hydrolysis) is 1. The molecule has 1 heterocycles. The number of carbonyl (C=O) groups is 2. The summed E-state index contributed by atoms with van der Waals surface area (Å²) >= 11 is 0. The molecule has 0 spiro atoms. The van der Waals surface area contributed by atoms with Crippen molar-refractivity contribution in [3.63, 3.8) is 0 Å². The Kier molecular flexibility index (Phi) is 4.72. The highest BCUT2D eigenvalue weighted by Crippen LogP contribution is 2.01. The van der Waals surface area contributed by atoms with Crippen LogP contribution in [0, 0.1) is 0 Å². The molecule has 1 aromatic rings. The zero-order chi connectivity index (χ0) is 14.2. The van der Waals surface area contributed by atoms with Crippen molar-refractivity contribution in [3.8, 4) is 0 Å². The maximum Gasteiger partial charge on any atom is 0.414 e. The summed E-state index contributed by atoms with van der Waals surface area (Å²) < 4.78 is 4.96. The highest BCUT2D eigenvalue weighted by Gasteiger charge is 2.13. The van der Waals surface area contributed by atoms with E-state index in [2.05, 4.69) is 10.6 Å². The van der Waals surface area contributed by atoms with Crippen LogP contribution in [0.2, 0.25) is 0 Å². The van der Waals surface area contributed by atoms with Crippen LogP contribution in [0.15, 0.2) is 66.5 Å². The summed E-state index contributed by atoms with van der Waals surface area (Å²) in [6.07, 6.45) is 7.59. The van der Waals surface area contributed by atoms with Gasteiger partial charge in [-0.1, -0.05) is 42.5 Å². The van der Waals surface area contributed by atoms with Crippen molar-refractivity contribution in [2.75, 3.05) is 0 Å². The monoisotopic (exact) mass is 270 g/mol. The van der Waals surface area contributed by atoms with Crippen molar-refractivity contribution in [2.24, 2.45) is 0 Å². The predicted molar refractivity (Wildman–Crippen MR) is 74.3 cm³/mol. The Hall–Kier alpha value is -2.82. The van der Waals surface area contributed by atoms with Crippen molar-refractivity contribution in [1.82, 2.24) is 10.6 Å². The van der Waals surface area contributed by atoms with E-state index in [1.54, 1.807) is 30.5 Å². The number of nitrogens with one attached hydrogen (secondary N) is 2. The van der Waals surface area contributed by atoms with E-state index in [0.717, 1.165) is 5.56 Å². The number of rotatable bonds is 3. The number of hydrogen-bond acceptors (Lipinski definition) is 4. The molecule has 0 bridgehead atoms. The van der Waals surface area contributed by atoms with Crippen LogP contribution >= 0.6 is 0 Å². The van der Waals surface area contributed by atoms with Gasteiger partial charge in [-0.2, -0.15) is 0 Å². The van der Waals surface area contributed by atoms with Crippen LogP contribution in [0.5, 0.6) is 0 Å². The molecule has 0 fully saturated rings. The summed E-state index contributed by atoms with van der Waals surface area (Å²) in [5.74, 6) is -0.542. The van der Waals surface area contributed by atoms with Gasteiger partial charge in [-0.15, -0.1) is 0 Å². The molecular formula is C15H14N2O3. The lowest BCUT2D eigenvalue weighted by Gasteiger charge is -2.08. The first-order valence-corrected chi connectivity index (χ1v) is 6.08. The lowest BCUT2D eigenvalue weighted by molar-refractivity contribution is -0.117. The van der Waals surface area contributed by atoms with E-state index in [0.29, 0.717) is 0 Å². The van der Waals surface area contributed by atoms with E-state index in [4.69, 9.17) is 4.74 Å². The Balaban J connectivity index is 1.82. The van der Waals surface area contributed by atoms with Gasteiger partial charge in [-0.05, 0) is 17.7 Å². The Morgan fingerprint density at radius 2 is 1.90 bits per heavy atom. The number of amides is 2. The van der Waals surface area contributed by atoms with Crippen molar-refractivity contribution >= 4 is 12.0 Å². The molecule has 5 nitrogen and oxygen atoms in total. The first kappa shape index (κ1) is 13.6. The second-order valence-corrected chi connectivity index (χ2v) is 3.98. The number of benzene rings is 1. The van der Waals surface area contributed by atoms with Crippen LogP contribution in [-0.4, -0.2) is 12.0 Å². The molecule has 0 aromatic heterocycles. The normalized spacial score (nSPS) is 12.9. The second-order valence-electron chi connectivity index (χ2n) is 3.98. The molecule has 1 aliphatic rings. The number of ether oxygens (including phenoxy) is 1. The van der Waals surface area contributed by atoms with Crippen LogP contribution in [0.4, 0.5) is 4.79 Å². The number of carbonyl (C=O) groups excluding carboxylic acids is 2. The molecule has 1 aliphatic heterocycles. The van der Waals surface area contributed by atoms with Gasteiger partial charge in [0, 0.05) is 6.20 Å². The van der Waals surface area contributed by atoms with E-state index in [9.17, 15) is 9.59 Å². The molecule has 0 atom stereocenters. The van der Waals surface area contributed by atoms with Gasteiger partial charge in [0.05, 0.1) is 0 Å². The van der Waals surface area contributed by atoms with Crippen molar-refractivity contribution in [2.45, 2.75) is 6.61 Å². The van der Waals surface area contributed by atoms with Crippen molar-refractivity contribution in [1.29, 1.82) is 0 Å². The zero-order valence-corrected chi connectivity index (χ0v) is 10.7. The van der Waals surface area contributed by atoms with Crippen LogP contribution in [0.25, 0.3) is 0 Å². The lowest BCUT2D eigenvalue weighted by Crippen LogP contribution is -2.35. The molecule has 0 unspecified atom stereocenters. The first-order chi connectivity index (χ1) is 9.75. The summed E-state index contributed by atoms with van der Waals surface area (Å²) in [5.41, 5.74) is 1.12. The van der Waals surface area contributed by atoms with E-state index < -0.39 is 12.0 Å². The van der Waals surface area contributed by atoms with Crippen LogP contribution in [0.1, 0.15) is 5.56 Å². The average molecular weight is 270 g/mol. The number of allylic oxidation sites excluding steroid dienone is 4. The Bertz CT molecular complexity index is 574. The summed E-state index contributed by atoms with van der Waals surface area (Å²) in [4.78, 5) is 23.3. The first-order valence-electron chi connectivity index (χ1n) is 6.08. The lowest BCUT2D eigenvalue weighted by atomic mass is 10.2. The molecule has 0 saturated heterocycles. The molecular weight excluding hydrogens is 256 g/mol. The topological polar surface area (TPSA) is 67.4 Å². The predicted octanol–water partition coefficient (Wildman–Crippen LogP) is 2.00. The Morgan fingerprint density at radius 3 is 2.70 bits per heavy atom. The smallest absolute Gasteiger partial charge is 0.414 e. The van der Waals surface area contributed by atoms with Gasteiger partial charge in [0.25, 0.3) is 5.91 Å². The van der Waals surface area contributed by atoms with E-state index in [-0.39, 0.29) is 12.3 Å². The fraction of sp³-hybridized carbons (Fsp3) is 0.0667. The van der Waals surface area contributed by atoms with Crippen LogP contribution in [0.3, 0.4) is 0 Å². The van der Waals surface area contributed by atoms with Gasteiger partial charge in [0.2, 0.25) is 0 Å². The minimum absolute atomic E-state index is 0.117. The number of hydrogen-bond donors (Lipinski definition) is 2. The highest BCUT2D eigenvalue weighted by molar-refractivity contribution is 6.02. The van der Waals surface area contributed by atoms with E-state index >= 15 is 0 Å². The Labute approximate surface area is 116 Å². The van der Waals surface area contributed by atoms with Crippen molar-refractivity contribution < 1.29 is 14.3 Å². The maximum absolute atomic E-state index is 11.8. The quantitative estimate of drug-likeness (QED) is 0.881. The summed E-state index contributed by atoms with van der Waals surface area (Å²) in [6, 6.07) is 9.24. The Morgan fingerprint density at radius 1 is 1.10 bits per heavy atom. The fourth-order valence-electron chi connectivity index (χ4n) is 1.52. The van der Waals surface area contributed by atoms with Gasteiger partial charge in [0.15, 0.2) is 0 Å². The third kappa shape index (κ3) is 4.13. The molecule has 2 rings (SSSR count). The van der Waals surface area contributed by atoms with Gasteiger partial charge in [-0.25, -0.2) is 4.79 Å². The maximum atomic E-state index is 11.8. The summed E-state index contributed by atoms with van der Waals surface area (Å²) in [6.45, 7) is 0.117. The third-order valence-corrected chi connectivity index (χ3v) is 2.49. The molecule has 0 aliphatic carbocycles. The molecule has 0 saturated carbocycles. The molecule has 2 amide bonds. The molecule has 0 radical (unpaired) electrons. The highest BCUT2D eigenvalue weighted by atomic mass is 16.5. The molecule has 5 heteroatoms. The minimum Gasteiger partial charge on any atom is -0.444 e. The summed E-state index contributed by atoms with van der Waals surface area (Å²) in [7, 11) is 0. The molecule has 1 aromatic carbocycles. The SMILES string of the molecule is O=C(NC(=O)C1=CC=CC=CN1)OCc1ccccc1. The van der Waals surface area contributed by atoms with E-state index in [1.807, 2.05) is 30.3 Å². The fourth-order valence-corrected chi connectivity index (χ4v) is 1.52. The third-order valence-electron chi connectivity index (χ3n) is 2.49. The van der Waals surface area contributed by atoms with Gasteiger partial charge < -0.3 is 10.1 Å². The molecule has 20 heavy (non-hydrogen) atoms. The van der Waals surface area contributed by atoms with Crippen molar-refractivity contribution in [3.05, 3.63) is 72.1 Å².